The van der Waals surface area contributed by atoms with Crippen LogP contribution in [0.1, 0.15) is 12.5 Å². The third-order valence-corrected chi connectivity index (χ3v) is 5.24. The third-order valence-electron chi connectivity index (χ3n) is 3.49. The molecule has 5 nitrogen and oxygen atoms in total. The molecule has 0 fully saturated rings. The van der Waals surface area contributed by atoms with E-state index in [2.05, 4.69) is 4.72 Å². The van der Waals surface area contributed by atoms with Gasteiger partial charge in [0.15, 0.2) is 0 Å². The number of hydrogen-bond donors (Lipinski definition) is 1. The summed E-state index contributed by atoms with van der Waals surface area (Å²) in [7, 11) is -3.84. The molecule has 1 aromatic carbocycles. The van der Waals surface area contributed by atoms with Crippen molar-refractivity contribution in [2.24, 2.45) is 5.92 Å². The minimum absolute atomic E-state index is 0.131. The molecular formula is C15H16NO4S-. The number of nitrogens with one attached hydrogen (secondary N) is 1. The number of hydrogen-bond acceptors (Lipinski definition) is 4. The molecule has 2 unspecified atom stereocenters. The van der Waals surface area contributed by atoms with E-state index >= 15 is 0 Å². The molecule has 0 saturated heterocycles. The lowest BCUT2D eigenvalue weighted by Crippen LogP contribution is -2.55. The maximum atomic E-state index is 12.5. The molecule has 2 rings (SSSR count). The Morgan fingerprint density at radius 1 is 1.29 bits per heavy atom. The van der Waals surface area contributed by atoms with E-state index in [1.165, 1.54) is 25.1 Å². The van der Waals surface area contributed by atoms with Crippen molar-refractivity contribution in [1.29, 1.82) is 0 Å². The molecule has 6 heteroatoms. The molecule has 2 atom stereocenters. The molecular weight excluding hydrogens is 290 g/mol. The molecule has 0 heterocycles. The van der Waals surface area contributed by atoms with E-state index in [-0.39, 0.29) is 4.90 Å². The summed E-state index contributed by atoms with van der Waals surface area (Å²) in [5, 5.41) is 11.2. The van der Waals surface area contributed by atoms with Crippen molar-refractivity contribution in [2.75, 3.05) is 0 Å². The van der Waals surface area contributed by atoms with Gasteiger partial charge in [-0.2, -0.15) is 0 Å². The Morgan fingerprint density at radius 3 is 2.57 bits per heavy atom. The van der Waals surface area contributed by atoms with Crippen molar-refractivity contribution in [3.63, 3.8) is 0 Å². The van der Waals surface area contributed by atoms with Gasteiger partial charge in [-0.05, 0) is 25.5 Å². The summed E-state index contributed by atoms with van der Waals surface area (Å²) < 4.78 is 27.5. The van der Waals surface area contributed by atoms with Crippen LogP contribution in [-0.2, 0) is 14.8 Å². The van der Waals surface area contributed by atoms with E-state index in [1.807, 2.05) is 0 Å². The van der Waals surface area contributed by atoms with Crippen LogP contribution in [0.25, 0.3) is 0 Å². The summed E-state index contributed by atoms with van der Waals surface area (Å²) in [6.45, 7) is 3.20. The first-order valence-electron chi connectivity index (χ1n) is 6.43. The smallest absolute Gasteiger partial charge is 0.241 e. The summed E-state index contributed by atoms with van der Waals surface area (Å²) in [5.74, 6) is -2.40. The molecule has 0 spiro atoms. The average Bonchev–Trinajstić information content (AvgIpc) is 2.37. The Labute approximate surface area is 124 Å². The van der Waals surface area contributed by atoms with Gasteiger partial charge in [-0.25, -0.2) is 13.1 Å². The van der Waals surface area contributed by atoms with Gasteiger partial charge >= 0.3 is 0 Å². The summed E-state index contributed by atoms with van der Waals surface area (Å²) >= 11 is 0. The lowest BCUT2D eigenvalue weighted by molar-refractivity contribution is -0.311. The maximum Gasteiger partial charge on any atom is 0.241 e. The predicted molar refractivity (Wildman–Crippen MR) is 76.7 cm³/mol. The van der Waals surface area contributed by atoms with Gasteiger partial charge in [0.25, 0.3) is 0 Å². The second-order valence-electron chi connectivity index (χ2n) is 5.19. The minimum Gasteiger partial charge on any atom is -0.549 e. The van der Waals surface area contributed by atoms with Crippen LogP contribution in [0.3, 0.4) is 0 Å². The standard InChI is InChI=1S/C15H17NO4S/c1-11-7-3-4-9-13(11)21(19,20)16-15(2)10-6-5-8-12(15)14(17)18/h3-10,12,16H,1-2H3,(H,17,18)/p-1. The number of rotatable bonds is 4. The number of allylic oxidation sites excluding steroid dienone is 2. The second-order valence-corrected chi connectivity index (χ2v) is 6.85. The number of carboxylic acids is 1. The van der Waals surface area contributed by atoms with Gasteiger partial charge in [0.1, 0.15) is 0 Å². The van der Waals surface area contributed by atoms with Gasteiger partial charge in [0.05, 0.1) is 16.4 Å². The zero-order valence-corrected chi connectivity index (χ0v) is 12.6. The normalized spacial score (nSPS) is 25.0. The van der Waals surface area contributed by atoms with Gasteiger partial charge in [-0.1, -0.05) is 42.5 Å². The van der Waals surface area contributed by atoms with Gasteiger partial charge in [-0.3, -0.25) is 0 Å². The first-order valence-corrected chi connectivity index (χ1v) is 7.91. The van der Waals surface area contributed by atoms with E-state index in [0.717, 1.165) is 0 Å². The number of aliphatic carboxylic acids is 1. The lowest BCUT2D eigenvalue weighted by atomic mass is 9.83. The highest BCUT2D eigenvalue weighted by atomic mass is 32.2. The van der Waals surface area contributed by atoms with Crippen molar-refractivity contribution in [3.05, 3.63) is 54.1 Å². The molecule has 112 valence electrons. The molecule has 1 N–H and O–H groups in total. The fourth-order valence-corrected chi connectivity index (χ4v) is 3.99. The molecule has 0 aliphatic heterocycles. The van der Waals surface area contributed by atoms with Crippen LogP contribution in [0.15, 0.2) is 53.5 Å². The Morgan fingerprint density at radius 2 is 1.95 bits per heavy atom. The Balaban J connectivity index is 2.40. The molecule has 0 radical (unpaired) electrons. The lowest BCUT2D eigenvalue weighted by Gasteiger charge is -2.36. The maximum absolute atomic E-state index is 12.5. The Kier molecular flexibility index (Phi) is 4.02. The minimum atomic E-state index is -3.84. The molecule has 0 amide bonds. The zero-order valence-electron chi connectivity index (χ0n) is 11.7. The molecule has 0 aromatic heterocycles. The van der Waals surface area contributed by atoms with Gasteiger partial charge in [0, 0.05) is 5.92 Å². The monoisotopic (exact) mass is 306 g/mol. The fraction of sp³-hybridized carbons (Fsp3) is 0.267. The fourth-order valence-electron chi connectivity index (χ4n) is 2.36. The van der Waals surface area contributed by atoms with E-state index in [1.54, 1.807) is 37.3 Å². The quantitative estimate of drug-likeness (QED) is 0.879. The number of carboxylic acid groups (broad SMARTS) is 1. The topological polar surface area (TPSA) is 86.3 Å². The van der Waals surface area contributed by atoms with Crippen LogP contribution in [0, 0.1) is 12.8 Å². The average molecular weight is 306 g/mol. The van der Waals surface area contributed by atoms with Crippen molar-refractivity contribution in [2.45, 2.75) is 24.3 Å². The highest BCUT2D eigenvalue weighted by Gasteiger charge is 2.37. The SMILES string of the molecule is Cc1ccccc1S(=O)(=O)NC1(C)C=CC=CC1C(=O)[O-]. The third kappa shape index (κ3) is 3.06. The predicted octanol–water partition coefficient (Wildman–Crippen LogP) is 0.524. The highest BCUT2D eigenvalue weighted by Crippen LogP contribution is 2.27. The van der Waals surface area contributed by atoms with Crippen molar-refractivity contribution in [1.82, 2.24) is 4.72 Å². The van der Waals surface area contributed by atoms with Gasteiger partial charge in [-0.15, -0.1) is 0 Å². The summed E-state index contributed by atoms with van der Waals surface area (Å²) in [6.07, 6.45) is 6.10. The molecule has 1 aliphatic carbocycles. The Bertz CT molecular complexity index is 721. The van der Waals surface area contributed by atoms with Gasteiger partial charge < -0.3 is 9.90 Å². The molecule has 21 heavy (non-hydrogen) atoms. The number of aryl methyl sites for hydroxylation is 1. The number of sulfonamides is 1. The van der Waals surface area contributed by atoms with Crippen LogP contribution in [0.4, 0.5) is 0 Å². The van der Waals surface area contributed by atoms with Crippen molar-refractivity contribution in [3.8, 4) is 0 Å². The van der Waals surface area contributed by atoms with Crippen LogP contribution < -0.4 is 9.83 Å². The summed E-state index contributed by atoms with van der Waals surface area (Å²) in [4.78, 5) is 11.4. The molecule has 1 aromatic rings. The number of carbonyl (C=O) groups is 1. The first kappa shape index (κ1) is 15.5. The molecule has 1 aliphatic rings. The molecule has 0 saturated carbocycles. The van der Waals surface area contributed by atoms with Crippen LogP contribution in [-0.4, -0.2) is 19.9 Å². The number of benzene rings is 1. The van der Waals surface area contributed by atoms with E-state index in [9.17, 15) is 18.3 Å². The van der Waals surface area contributed by atoms with E-state index in [4.69, 9.17) is 0 Å². The van der Waals surface area contributed by atoms with Crippen molar-refractivity contribution < 1.29 is 18.3 Å². The second kappa shape index (κ2) is 5.46. The number of carbonyl (C=O) groups excluding carboxylic acids is 1. The largest absolute Gasteiger partial charge is 0.549 e. The highest BCUT2D eigenvalue weighted by molar-refractivity contribution is 7.89. The van der Waals surface area contributed by atoms with Crippen LogP contribution in [0.2, 0.25) is 0 Å². The first-order chi connectivity index (χ1) is 9.76. The van der Waals surface area contributed by atoms with Crippen LogP contribution >= 0.6 is 0 Å². The summed E-state index contributed by atoms with van der Waals surface area (Å²) in [5.41, 5.74) is -0.678. The van der Waals surface area contributed by atoms with Crippen LogP contribution in [0.5, 0.6) is 0 Å². The summed E-state index contributed by atoms with van der Waals surface area (Å²) in [6, 6.07) is 6.53. The van der Waals surface area contributed by atoms with E-state index < -0.39 is 27.4 Å². The van der Waals surface area contributed by atoms with Crippen molar-refractivity contribution >= 4 is 16.0 Å². The Hall–Kier alpha value is -1.92. The van der Waals surface area contributed by atoms with Gasteiger partial charge in [0.2, 0.25) is 10.0 Å². The zero-order chi connectivity index (χ0) is 15.7. The molecule has 0 bridgehead atoms. The van der Waals surface area contributed by atoms with E-state index in [0.29, 0.717) is 5.56 Å².